The zero-order valence-electron chi connectivity index (χ0n) is 12.5. The van der Waals surface area contributed by atoms with E-state index < -0.39 is 0 Å². The van der Waals surface area contributed by atoms with Crippen LogP contribution in [0.4, 0.5) is 0 Å². The van der Waals surface area contributed by atoms with Crippen LogP contribution in [0.5, 0.6) is 11.5 Å². The Morgan fingerprint density at radius 2 is 2.00 bits per heavy atom. The third-order valence-corrected chi connectivity index (χ3v) is 4.18. The molecule has 3 nitrogen and oxygen atoms in total. The molecule has 1 aliphatic rings. The molecule has 0 fully saturated rings. The quantitative estimate of drug-likeness (QED) is 0.851. The molecule has 0 saturated heterocycles. The van der Waals surface area contributed by atoms with Gasteiger partial charge in [0, 0.05) is 22.7 Å². The van der Waals surface area contributed by atoms with Crippen LogP contribution < -0.4 is 15.2 Å². The first-order chi connectivity index (χ1) is 9.58. The highest BCUT2D eigenvalue weighted by atomic mass is 35.5. The Morgan fingerprint density at radius 3 is 2.65 bits per heavy atom. The lowest BCUT2D eigenvalue weighted by Gasteiger charge is -2.22. The topological polar surface area (TPSA) is 44.5 Å². The van der Waals surface area contributed by atoms with Crippen molar-refractivity contribution in [3.63, 3.8) is 0 Å². The Balaban J connectivity index is 2.57. The normalized spacial score (nSPS) is 22.1. The first kappa shape index (κ1) is 15.5. The maximum atomic E-state index is 6.45. The van der Waals surface area contributed by atoms with E-state index in [4.69, 9.17) is 26.8 Å². The summed E-state index contributed by atoms with van der Waals surface area (Å²) in [6.07, 6.45) is 3.02. The second kappa shape index (κ2) is 6.68. The molecule has 0 amide bonds. The summed E-state index contributed by atoms with van der Waals surface area (Å²) in [5, 5.41) is 0.747. The zero-order chi connectivity index (χ0) is 14.7. The molecule has 2 unspecified atom stereocenters. The average Bonchev–Trinajstić information content (AvgIpc) is 2.54. The summed E-state index contributed by atoms with van der Waals surface area (Å²) in [4.78, 5) is 0. The molecule has 112 valence electrons. The SMILES string of the molecule is CCOc1cc(Cl)c2c(c1OCC)C(N)CC(C)CC2. The van der Waals surface area contributed by atoms with Gasteiger partial charge < -0.3 is 15.2 Å². The van der Waals surface area contributed by atoms with E-state index in [1.165, 1.54) is 0 Å². The molecule has 0 spiro atoms. The van der Waals surface area contributed by atoms with Gasteiger partial charge >= 0.3 is 0 Å². The van der Waals surface area contributed by atoms with Crippen LogP contribution in [0.1, 0.15) is 50.8 Å². The highest BCUT2D eigenvalue weighted by Gasteiger charge is 2.27. The van der Waals surface area contributed by atoms with E-state index in [9.17, 15) is 0 Å². The van der Waals surface area contributed by atoms with Crippen molar-refractivity contribution >= 4 is 11.6 Å². The standard InChI is InChI=1S/C16H24ClNO2/c1-4-19-14-9-12(17)11-7-6-10(3)8-13(18)15(11)16(14)20-5-2/h9-10,13H,4-8,18H2,1-3H3. The maximum Gasteiger partial charge on any atom is 0.166 e. The van der Waals surface area contributed by atoms with Gasteiger partial charge in [-0.25, -0.2) is 0 Å². The molecule has 0 heterocycles. The molecule has 4 heteroatoms. The van der Waals surface area contributed by atoms with Crippen molar-refractivity contribution in [2.24, 2.45) is 11.7 Å². The van der Waals surface area contributed by atoms with Crippen LogP contribution in [0, 0.1) is 5.92 Å². The molecule has 1 aromatic carbocycles. The lowest BCUT2D eigenvalue weighted by molar-refractivity contribution is 0.283. The van der Waals surface area contributed by atoms with Gasteiger partial charge in [-0.3, -0.25) is 0 Å². The fraction of sp³-hybridized carbons (Fsp3) is 0.625. The minimum atomic E-state index is -0.0399. The monoisotopic (exact) mass is 297 g/mol. The molecule has 0 aliphatic heterocycles. The van der Waals surface area contributed by atoms with Gasteiger partial charge in [-0.15, -0.1) is 0 Å². The number of hydrogen-bond donors (Lipinski definition) is 1. The van der Waals surface area contributed by atoms with Crippen LogP contribution >= 0.6 is 11.6 Å². The highest BCUT2D eigenvalue weighted by molar-refractivity contribution is 6.31. The van der Waals surface area contributed by atoms with Gasteiger partial charge in [0.2, 0.25) is 0 Å². The molecule has 0 aromatic heterocycles. The van der Waals surface area contributed by atoms with Gasteiger partial charge in [0.05, 0.1) is 13.2 Å². The highest BCUT2D eigenvalue weighted by Crippen LogP contribution is 2.45. The van der Waals surface area contributed by atoms with E-state index in [2.05, 4.69) is 6.92 Å². The maximum absolute atomic E-state index is 6.45. The first-order valence-electron chi connectivity index (χ1n) is 7.44. The average molecular weight is 298 g/mol. The fourth-order valence-electron chi connectivity index (χ4n) is 2.93. The van der Waals surface area contributed by atoms with Crippen molar-refractivity contribution in [2.75, 3.05) is 13.2 Å². The lowest BCUT2D eigenvalue weighted by atomic mass is 9.96. The molecule has 0 saturated carbocycles. The van der Waals surface area contributed by atoms with E-state index >= 15 is 0 Å². The van der Waals surface area contributed by atoms with Gasteiger partial charge in [-0.1, -0.05) is 18.5 Å². The van der Waals surface area contributed by atoms with E-state index in [0.717, 1.165) is 41.2 Å². The fourth-order valence-corrected chi connectivity index (χ4v) is 3.22. The van der Waals surface area contributed by atoms with Gasteiger partial charge in [0.15, 0.2) is 11.5 Å². The molecule has 1 aromatic rings. The van der Waals surface area contributed by atoms with E-state index in [1.807, 2.05) is 19.9 Å². The number of benzene rings is 1. The van der Waals surface area contributed by atoms with Crippen LogP contribution in [0.15, 0.2) is 6.07 Å². The van der Waals surface area contributed by atoms with Crippen molar-refractivity contribution in [3.05, 3.63) is 22.2 Å². The number of halogens is 1. The molecule has 1 aliphatic carbocycles. The van der Waals surface area contributed by atoms with Gasteiger partial charge in [0.25, 0.3) is 0 Å². The van der Waals surface area contributed by atoms with Crippen molar-refractivity contribution in [3.8, 4) is 11.5 Å². The van der Waals surface area contributed by atoms with Crippen LogP contribution in [-0.4, -0.2) is 13.2 Å². The Kier molecular flexibility index (Phi) is 5.17. The minimum absolute atomic E-state index is 0.0399. The number of nitrogens with two attached hydrogens (primary N) is 1. The second-order valence-corrected chi connectivity index (χ2v) is 5.84. The molecule has 2 N–H and O–H groups in total. The van der Waals surface area contributed by atoms with E-state index in [-0.39, 0.29) is 6.04 Å². The molecule has 20 heavy (non-hydrogen) atoms. The number of rotatable bonds is 4. The molecular weight excluding hydrogens is 274 g/mol. The van der Waals surface area contributed by atoms with Crippen LogP contribution in [-0.2, 0) is 6.42 Å². The Morgan fingerprint density at radius 1 is 1.30 bits per heavy atom. The Hall–Kier alpha value is -0.930. The third-order valence-electron chi connectivity index (χ3n) is 3.84. The molecule has 0 radical (unpaired) electrons. The molecule has 2 rings (SSSR count). The van der Waals surface area contributed by atoms with Crippen LogP contribution in [0.25, 0.3) is 0 Å². The predicted molar refractivity (Wildman–Crippen MR) is 82.8 cm³/mol. The summed E-state index contributed by atoms with van der Waals surface area (Å²) < 4.78 is 11.5. The Labute approximate surface area is 126 Å². The number of hydrogen-bond acceptors (Lipinski definition) is 3. The number of fused-ring (bicyclic) bond motifs is 1. The summed E-state index contributed by atoms with van der Waals surface area (Å²) in [5.41, 5.74) is 8.59. The third kappa shape index (κ3) is 3.04. The lowest BCUT2D eigenvalue weighted by Crippen LogP contribution is -2.15. The smallest absolute Gasteiger partial charge is 0.166 e. The van der Waals surface area contributed by atoms with E-state index in [0.29, 0.717) is 24.9 Å². The van der Waals surface area contributed by atoms with Gasteiger partial charge in [0.1, 0.15) is 0 Å². The second-order valence-electron chi connectivity index (χ2n) is 5.43. The van der Waals surface area contributed by atoms with Crippen LogP contribution in [0.2, 0.25) is 5.02 Å². The molecule has 0 bridgehead atoms. The molecule has 2 atom stereocenters. The number of ether oxygens (including phenoxy) is 2. The minimum Gasteiger partial charge on any atom is -0.490 e. The van der Waals surface area contributed by atoms with E-state index in [1.54, 1.807) is 0 Å². The van der Waals surface area contributed by atoms with Gasteiger partial charge in [-0.05, 0) is 44.6 Å². The summed E-state index contributed by atoms with van der Waals surface area (Å²) in [6.45, 7) is 7.35. The van der Waals surface area contributed by atoms with Crippen molar-refractivity contribution in [1.82, 2.24) is 0 Å². The summed E-state index contributed by atoms with van der Waals surface area (Å²) in [5.74, 6) is 2.09. The summed E-state index contributed by atoms with van der Waals surface area (Å²) in [7, 11) is 0. The van der Waals surface area contributed by atoms with Crippen LogP contribution in [0.3, 0.4) is 0 Å². The van der Waals surface area contributed by atoms with Gasteiger partial charge in [-0.2, -0.15) is 0 Å². The van der Waals surface area contributed by atoms with Crippen molar-refractivity contribution < 1.29 is 9.47 Å². The zero-order valence-corrected chi connectivity index (χ0v) is 13.3. The summed E-state index contributed by atoms with van der Waals surface area (Å²) >= 11 is 6.45. The Bertz CT molecular complexity index is 476. The predicted octanol–water partition coefficient (Wildman–Crippen LogP) is 4.11. The summed E-state index contributed by atoms with van der Waals surface area (Å²) in [6, 6.07) is 1.83. The van der Waals surface area contributed by atoms with Crippen molar-refractivity contribution in [1.29, 1.82) is 0 Å². The largest absolute Gasteiger partial charge is 0.490 e. The molecular formula is C16H24ClNO2. The first-order valence-corrected chi connectivity index (χ1v) is 7.82. The van der Waals surface area contributed by atoms with Crippen molar-refractivity contribution in [2.45, 2.75) is 46.1 Å².